The van der Waals surface area contributed by atoms with Gasteiger partial charge in [-0.2, -0.15) is 3.89 Å². The largest absolute Gasteiger partial charge is 0.475 e. The van der Waals surface area contributed by atoms with Gasteiger partial charge in [0.05, 0.1) is 37.4 Å². The molecular weight excluding hydrogens is 397 g/mol. The van der Waals surface area contributed by atoms with Crippen molar-refractivity contribution in [1.82, 2.24) is 4.98 Å². The van der Waals surface area contributed by atoms with Crippen molar-refractivity contribution in [3.05, 3.63) is 58.6 Å². The second-order valence-electron chi connectivity index (χ2n) is 5.85. The number of aromatic nitrogens is 1. The van der Waals surface area contributed by atoms with Crippen molar-refractivity contribution in [3.8, 4) is 5.88 Å². The molecule has 1 aromatic heterocycles. The van der Waals surface area contributed by atoms with Gasteiger partial charge in [-0.3, -0.25) is 0 Å². The van der Waals surface area contributed by atoms with Crippen molar-refractivity contribution in [3.63, 3.8) is 0 Å². The molecule has 29 heavy (non-hydrogen) atoms. The number of benzene rings is 1. The normalized spacial score (nSPS) is 11.0. The van der Waals surface area contributed by atoms with Crippen LogP contribution in [0.3, 0.4) is 0 Å². The highest BCUT2D eigenvalue weighted by molar-refractivity contribution is 7.94. The van der Waals surface area contributed by atoms with Crippen LogP contribution in [-0.2, 0) is 9.47 Å². The fourth-order valence-corrected chi connectivity index (χ4v) is 2.41. The Bertz CT molecular complexity index is 744. The Balaban J connectivity index is 1.67. The summed E-state index contributed by atoms with van der Waals surface area (Å²) in [5, 5.41) is 4.13. The number of rotatable bonds is 14. The van der Waals surface area contributed by atoms with Gasteiger partial charge in [-0.1, -0.05) is 24.3 Å². The maximum Gasteiger partial charge on any atom is 0.213 e. The molecule has 7 nitrogen and oxygen atoms in total. The Kier molecular flexibility index (Phi) is 10.7. The number of ether oxygens (including phenoxy) is 3. The molecule has 2 aromatic rings. The Hall–Kier alpha value is -2.49. The first-order valence-electron chi connectivity index (χ1n) is 9.06. The minimum absolute atomic E-state index is 0.265. The van der Waals surface area contributed by atoms with E-state index < -0.39 is 0 Å². The highest BCUT2D eigenvalue weighted by Crippen LogP contribution is 2.16. The van der Waals surface area contributed by atoms with E-state index in [1.807, 2.05) is 42.5 Å². The van der Waals surface area contributed by atoms with E-state index in [0.29, 0.717) is 44.7 Å². The van der Waals surface area contributed by atoms with Crippen LogP contribution >= 0.6 is 12.1 Å². The average Bonchev–Trinajstić information content (AvgIpc) is 2.77. The zero-order chi connectivity index (χ0) is 20.7. The molecule has 0 spiro atoms. The highest BCUT2D eigenvalue weighted by atomic mass is 32.2. The molecule has 0 atom stereocenters. The van der Waals surface area contributed by atoms with Gasteiger partial charge in [0, 0.05) is 37.2 Å². The Morgan fingerprint density at radius 3 is 2.31 bits per heavy atom. The van der Waals surface area contributed by atoms with Gasteiger partial charge in [-0.05, 0) is 29.3 Å². The first kappa shape index (κ1) is 22.8. The SMILES string of the molecule is CN(N=O)c1ccc(/C=C/c2ccc(OCCOCCOCCSF)nc2)cc1. The van der Waals surface area contributed by atoms with Crippen LogP contribution in [0.5, 0.6) is 5.88 Å². The van der Waals surface area contributed by atoms with E-state index in [9.17, 15) is 8.79 Å². The molecule has 9 heteroatoms. The van der Waals surface area contributed by atoms with Gasteiger partial charge in [-0.15, -0.1) is 4.91 Å². The van der Waals surface area contributed by atoms with Crippen LogP contribution < -0.4 is 9.75 Å². The fraction of sp³-hybridized carbons (Fsp3) is 0.350. The summed E-state index contributed by atoms with van der Waals surface area (Å²) in [7, 11) is 1.60. The second-order valence-corrected chi connectivity index (χ2v) is 6.47. The molecule has 2 rings (SSSR count). The number of pyridine rings is 1. The summed E-state index contributed by atoms with van der Waals surface area (Å²) in [5.74, 6) is 0.860. The fourth-order valence-electron chi connectivity index (χ4n) is 2.23. The van der Waals surface area contributed by atoms with Crippen LogP contribution in [0.2, 0.25) is 0 Å². The van der Waals surface area contributed by atoms with E-state index in [1.165, 1.54) is 5.01 Å². The molecule has 1 heterocycles. The van der Waals surface area contributed by atoms with E-state index in [1.54, 1.807) is 19.3 Å². The lowest BCUT2D eigenvalue weighted by Gasteiger charge is -2.08. The average molecular weight is 421 g/mol. The maximum absolute atomic E-state index is 11.8. The molecule has 156 valence electrons. The summed E-state index contributed by atoms with van der Waals surface area (Å²) in [6, 6.07) is 11.2. The summed E-state index contributed by atoms with van der Waals surface area (Å²) >= 11 is 0.265. The van der Waals surface area contributed by atoms with E-state index in [-0.39, 0.29) is 12.1 Å². The first-order chi connectivity index (χ1) is 14.2. The molecule has 0 saturated carbocycles. The van der Waals surface area contributed by atoms with E-state index in [0.717, 1.165) is 16.8 Å². The topological polar surface area (TPSA) is 73.3 Å². The molecular formula is C20H24FN3O4S. The van der Waals surface area contributed by atoms with E-state index >= 15 is 0 Å². The second kappa shape index (κ2) is 13.6. The predicted molar refractivity (Wildman–Crippen MR) is 115 cm³/mol. The van der Waals surface area contributed by atoms with Crippen molar-refractivity contribution in [1.29, 1.82) is 0 Å². The first-order valence-corrected chi connectivity index (χ1v) is 9.94. The molecule has 0 saturated heterocycles. The van der Waals surface area contributed by atoms with E-state index in [2.05, 4.69) is 10.3 Å². The summed E-state index contributed by atoms with van der Waals surface area (Å²) < 4.78 is 27.8. The number of hydrogen-bond donors (Lipinski definition) is 0. The summed E-state index contributed by atoms with van der Waals surface area (Å²) in [5.41, 5.74) is 2.67. The lowest BCUT2D eigenvalue weighted by Crippen LogP contribution is -2.11. The van der Waals surface area contributed by atoms with Crippen LogP contribution in [0.15, 0.2) is 47.9 Å². The number of halogens is 1. The molecule has 0 unspecified atom stereocenters. The van der Waals surface area contributed by atoms with Crippen LogP contribution in [0, 0.1) is 4.91 Å². The zero-order valence-corrected chi connectivity index (χ0v) is 17.0. The number of anilines is 1. The molecule has 0 N–H and O–H groups in total. The van der Waals surface area contributed by atoms with Crippen LogP contribution in [0.4, 0.5) is 9.57 Å². The van der Waals surface area contributed by atoms with Crippen LogP contribution in [0.25, 0.3) is 12.2 Å². The maximum atomic E-state index is 11.8. The monoisotopic (exact) mass is 421 g/mol. The Morgan fingerprint density at radius 2 is 1.66 bits per heavy atom. The smallest absolute Gasteiger partial charge is 0.213 e. The van der Waals surface area contributed by atoms with Crippen molar-refractivity contribution in [2.24, 2.45) is 5.29 Å². The van der Waals surface area contributed by atoms with Crippen molar-refractivity contribution >= 4 is 30.0 Å². The molecule has 0 amide bonds. The molecule has 0 aliphatic rings. The van der Waals surface area contributed by atoms with Crippen molar-refractivity contribution < 1.29 is 18.1 Å². The lowest BCUT2D eigenvalue weighted by molar-refractivity contribution is 0.0406. The number of nitrogens with zero attached hydrogens (tertiary/aromatic N) is 3. The number of hydrogen-bond acceptors (Lipinski definition) is 7. The molecule has 0 radical (unpaired) electrons. The van der Waals surface area contributed by atoms with Crippen LogP contribution in [0.1, 0.15) is 11.1 Å². The third-order valence-corrected chi connectivity index (χ3v) is 4.09. The van der Waals surface area contributed by atoms with E-state index in [4.69, 9.17) is 14.2 Å². The molecule has 0 aliphatic heterocycles. The van der Waals surface area contributed by atoms with Gasteiger partial charge in [0.1, 0.15) is 6.61 Å². The van der Waals surface area contributed by atoms with Gasteiger partial charge < -0.3 is 14.2 Å². The standard InChI is InChI=1S/C20H24FN3O4S/c1-24(23-25)19-7-4-17(5-8-19)2-3-18-6-9-20(22-16-18)28-13-12-26-10-11-27-14-15-29-21/h2-9,16H,10-15H2,1H3/b3-2+. The Labute approximate surface area is 174 Å². The third kappa shape index (κ3) is 9.03. The minimum atomic E-state index is 0.265. The quantitative estimate of drug-likeness (QED) is 0.254. The molecule has 1 aromatic carbocycles. The third-order valence-electron chi connectivity index (χ3n) is 3.77. The molecule has 0 aliphatic carbocycles. The lowest BCUT2D eigenvalue weighted by atomic mass is 10.1. The predicted octanol–water partition coefficient (Wildman–Crippen LogP) is 4.40. The molecule has 0 fully saturated rings. The Morgan fingerprint density at radius 1 is 1.00 bits per heavy atom. The van der Waals surface area contributed by atoms with Gasteiger partial charge in [-0.25, -0.2) is 9.99 Å². The summed E-state index contributed by atoms with van der Waals surface area (Å²) in [6.07, 6.45) is 5.62. The van der Waals surface area contributed by atoms with Gasteiger partial charge in [0.15, 0.2) is 0 Å². The summed E-state index contributed by atoms with van der Waals surface area (Å²) in [4.78, 5) is 14.8. The van der Waals surface area contributed by atoms with Crippen molar-refractivity contribution in [2.45, 2.75) is 0 Å². The van der Waals surface area contributed by atoms with Gasteiger partial charge in [0.2, 0.25) is 5.88 Å². The van der Waals surface area contributed by atoms with Crippen molar-refractivity contribution in [2.75, 3.05) is 50.8 Å². The summed E-state index contributed by atoms with van der Waals surface area (Å²) in [6.45, 7) is 2.08. The zero-order valence-electron chi connectivity index (χ0n) is 16.2. The molecule has 0 bridgehead atoms. The van der Waals surface area contributed by atoms with Crippen LogP contribution in [-0.4, -0.2) is 50.8 Å². The minimum Gasteiger partial charge on any atom is -0.475 e. The number of nitroso groups, excluding NO2 is 1. The van der Waals surface area contributed by atoms with Gasteiger partial charge in [0.25, 0.3) is 0 Å². The van der Waals surface area contributed by atoms with Gasteiger partial charge >= 0.3 is 0 Å². The highest BCUT2D eigenvalue weighted by Gasteiger charge is 1.99.